The molecule has 1 aromatic carbocycles. The highest BCUT2D eigenvalue weighted by Crippen LogP contribution is 2.56. The predicted molar refractivity (Wildman–Crippen MR) is 184 cm³/mol. The van der Waals surface area contributed by atoms with Gasteiger partial charge in [0.25, 0.3) is 5.91 Å². The Morgan fingerprint density at radius 3 is 2.37 bits per heavy atom. The molecule has 3 N–H and O–H groups in total. The number of halogens is 3. The van der Waals surface area contributed by atoms with Gasteiger partial charge in [-0.3, -0.25) is 9.59 Å². The van der Waals surface area contributed by atoms with Gasteiger partial charge in [-0.2, -0.15) is 4.98 Å². The summed E-state index contributed by atoms with van der Waals surface area (Å²) < 4.78 is 50.7. The Labute approximate surface area is 295 Å². The Morgan fingerprint density at radius 1 is 1.14 bits per heavy atom. The molecule has 5 rings (SSSR count). The van der Waals surface area contributed by atoms with Crippen LogP contribution >= 0.6 is 0 Å². The number of rotatable bonds is 9. The molecular weight excluding hydrogens is 671 g/mol. The first-order valence-corrected chi connectivity index (χ1v) is 17.3. The number of likely N-dealkylation sites (tertiary alicyclic amines) is 1. The van der Waals surface area contributed by atoms with Crippen molar-refractivity contribution >= 4 is 41.0 Å². The van der Waals surface area contributed by atoms with Gasteiger partial charge in [-0.05, 0) is 96.8 Å². The molecule has 1 aromatic heterocycles. The van der Waals surface area contributed by atoms with Crippen LogP contribution in [-0.4, -0.2) is 94.2 Å². The number of fused-ring (bicyclic) bond motifs is 1. The van der Waals surface area contributed by atoms with Gasteiger partial charge in [-0.1, -0.05) is 6.92 Å². The van der Waals surface area contributed by atoms with Gasteiger partial charge in [-0.25, -0.2) is 9.78 Å². The van der Waals surface area contributed by atoms with Crippen LogP contribution in [0.2, 0.25) is 0 Å². The maximum Gasteiger partial charge on any atom is 0.573 e. The van der Waals surface area contributed by atoms with Crippen LogP contribution < -0.4 is 25.2 Å². The number of carbonyl (C=O) groups excluding carboxylic acids is 3. The lowest BCUT2D eigenvalue weighted by molar-refractivity contribution is -0.274. The molecule has 1 saturated carbocycles. The van der Waals surface area contributed by atoms with Crippen molar-refractivity contribution in [2.75, 3.05) is 41.9 Å². The van der Waals surface area contributed by atoms with Crippen LogP contribution in [0.25, 0.3) is 0 Å². The topological polar surface area (TPSA) is 149 Å². The molecule has 1 saturated heterocycles. The van der Waals surface area contributed by atoms with Gasteiger partial charge in [0, 0.05) is 43.9 Å². The molecule has 1 atom stereocenters. The Kier molecular flexibility index (Phi) is 10.4. The molecule has 0 unspecified atom stereocenters. The number of amides is 3. The molecule has 2 fully saturated rings. The predicted octanol–water partition coefficient (Wildman–Crippen LogP) is 5.75. The van der Waals surface area contributed by atoms with Crippen molar-refractivity contribution in [3.8, 4) is 5.75 Å². The number of hydrogen-bond donors (Lipinski definition) is 3. The molecule has 280 valence electrons. The van der Waals surface area contributed by atoms with Crippen molar-refractivity contribution < 1.29 is 42.1 Å². The molecule has 3 aliphatic rings. The minimum Gasteiger partial charge on any atom is -0.444 e. The lowest BCUT2D eigenvalue weighted by atomic mass is 9.52. The van der Waals surface area contributed by atoms with E-state index in [2.05, 4.69) is 25.3 Å². The Morgan fingerprint density at radius 2 is 1.80 bits per heavy atom. The maximum atomic E-state index is 13.6. The fourth-order valence-electron chi connectivity index (χ4n) is 7.62. The van der Waals surface area contributed by atoms with Crippen LogP contribution in [0.4, 0.5) is 41.1 Å². The molecule has 3 heterocycles. The second kappa shape index (κ2) is 14.0. The zero-order valence-corrected chi connectivity index (χ0v) is 30.2. The number of aliphatic hydroxyl groups excluding tert-OH is 1. The normalized spacial score (nSPS) is 19.8. The van der Waals surface area contributed by atoms with Gasteiger partial charge in [0.15, 0.2) is 11.6 Å². The van der Waals surface area contributed by atoms with Gasteiger partial charge < -0.3 is 39.9 Å². The quantitative estimate of drug-likeness (QED) is 0.293. The van der Waals surface area contributed by atoms with E-state index in [0.717, 1.165) is 6.07 Å². The van der Waals surface area contributed by atoms with Crippen LogP contribution in [0, 0.1) is 5.41 Å². The molecule has 2 aromatic rings. The number of likely N-dealkylation sites (N-methyl/N-ethyl adjacent to an activating group) is 1. The number of benzene rings is 1. The Bertz CT molecular complexity index is 1630. The summed E-state index contributed by atoms with van der Waals surface area (Å²) in [6, 6.07) is 3.08. The molecule has 0 bridgehead atoms. The van der Waals surface area contributed by atoms with E-state index < -0.39 is 35.2 Å². The summed E-state index contributed by atoms with van der Waals surface area (Å²) >= 11 is 0. The van der Waals surface area contributed by atoms with Gasteiger partial charge in [-0.15, -0.1) is 13.2 Å². The second-order valence-corrected chi connectivity index (χ2v) is 15.1. The highest BCUT2D eigenvalue weighted by atomic mass is 19.4. The maximum absolute atomic E-state index is 13.6. The van der Waals surface area contributed by atoms with E-state index in [0.29, 0.717) is 56.7 Å². The van der Waals surface area contributed by atoms with Crippen molar-refractivity contribution in [2.24, 2.45) is 5.41 Å². The number of ether oxygens (including phenoxy) is 2. The highest BCUT2D eigenvalue weighted by Gasteiger charge is 2.56. The number of piperidine rings is 1. The first-order valence-electron chi connectivity index (χ1n) is 17.3. The third-order valence-electron chi connectivity index (χ3n) is 9.84. The average Bonchev–Trinajstić information content (AvgIpc) is 3.01. The summed E-state index contributed by atoms with van der Waals surface area (Å²) in [6.07, 6.45) is -0.699. The molecule has 0 radical (unpaired) electrons. The summed E-state index contributed by atoms with van der Waals surface area (Å²) in [7, 11) is 1.63. The van der Waals surface area contributed by atoms with E-state index in [-0.39, 0.29) is 53.7 Å². The second-order valence-electron chi connectivity index (χ2n) is 15.1. The van der Waals surface area contributed by atoms with E-state index in [1.165, 1.54) is 23.2 Å². The summed E-state index contributed by atoms with van der Waals surface area (Å²) in [4.78, 5) is 53.0. The zero-order valence-electron chi connectivity index (χ0n) is 30.2. The lowest BCUT2D eigenvalue weighted by Gasteiger charge is -2.59. The SMILES string of the molecule is CC[C@@H]1C(=O)N(C)c2cnc(Nc3ccc(C(=O)NC4(CCO)CC5(CCN(C(=O)OC(C)(C)C)CC5)C4)cc3OC(F)(F)F)nc2N1C(C)C. The standard InChI is InChI=1S/C35H48F3N7O6/c1-8-24-29(48)43(7)25-18-39-30(41-27(25)45(24)21(2)3)40-23-10-9-22(17-26(23)50-35(36,37)38)28(47)42-34(13-16-46)19-33(20-34)11-14-44(15-12-33)31(49)51-32(4,5)6/h9-10,17-18,21,24,46H,8,11-16,19-20H2,1-7H3,(H,42,47)(H,39,40,41)/t24-/m1/s1. The smallest absolute Gasteiger partial charge is 0.444 e. The fourth-order valence-corrected chi connectivity index (χ4v) is 7.62. The van der Waals surface area contributed by atoms with E-state index in [9.17, 15) is 32.7 Å². The fraction of sp³-hybridized carbons (Fsp3) is 0.629. The minimum atomic E-state index is -5.07. The molecule has 2 aliphatic heterocycles. The van der Waals surface area contributed by atoms with E-state index in [1.54, 1.807) is 11.9 Å². The van der Waals surface area contributed by atoms with E-state index >= 15 is 0 Å². The van der Waals surface area contributed by atoms with Gasteiger partial charge in [0.2, 0.25) is 11.9 Å². The third-order valence-corrected chi connectivity index (χ3v) is 9.84. The molecule has 13 nitrogen and oxygen atoms in total. The highest BCUT2D eigenvalue weighted by molar-refractivity contribution is 6.04. The van der Waals surface area contributed by atoms with Crippen LogP contribution in [-0.2, 0) is 9.53 Å². The first-order chi connectivity index (χ1) is 23.8. The van der Waals surface area contributed by atoms with E-state index in [1.807, 2.05) is 46.4 Å². The largest absolute Gasteiger partial charge is 0.573 e. The average molecular weight is 720 g/mol. The van der Waals surface area contributed by atoms with Crippen LogP contribution in [0.3, 0.4) is 0 Å². The molecule has 3 amide bonds. The molecule has 16 heteroatoms. The third kappa shape index (κ3) is 8.26. The number of nitrogens with zero attached hydrogens (tertiary/aromatic N) is 5. The molecule has 51 heavy (non-hydrogen) atoms. The Hall–Kier alpha value is -4.34. The van der Waals surface area contributed by atoms with Crippen molar-refractivity contribution in [3.05, 3.63) is 30.0 Å². The van der Waals surface area contributed by atoms with E-state index in [4.69, 9.17) is 4.74 Å². The molecule has 1 spiro atoms. The number of aromatic nitrogens is 2. The van der Waals surface area contributed by atoms with Crippen molar-refractivity contribution in [3.63, 3.8) is 0 Å². The van der Waals surface area contributed by atoms with Gasteiger partial charge in [0.1, 0.15) is 17.3 Å². The van der Waals surface area contributed by atoms with Crippen LogP contribution in [0.15, 0.2) is 24.4 Å². The van der Waals surface area contributed by atoms with Crippen molar-refractivity contribution in [1.29, 1.82) is 0 Å². The summed E-state index contributed by atoms with van der Waals surface area (Å²) in [5, 5.41) is 15.7. The van der Waals surface area contributed by atoms with Gasteiger partial charge in [0.05, 0.1) is 11.9 Å². The van der Waals surface area contributed by atoms with Crippen LogP contribution in [0.5, 0.6) is 5.75 Å². The zero-order chi connectivity index (χ0) is 37.5. The monoisotopic (exact) mass is 719 g/mol. The summed E-state index contributed by atoms with van der Waals surface area (Å²) in [5.74, 6) is -0.959. The number of carbonyl (C=O) groups is 3. The van der Waals surface area contributed by atoms with Gasteiger partial charge >= 0.3 is 12.5 Å². The first kappa shape index (κ1) is 37.9. The van der Waals surface area contributed by atoms with Crippen molar-refractivity contribution in [2.45, 2.75) is 110 Å². The van der Waals surface area contributed by atoms with Crippen molar-refractivity contribution in [1.82, 2.24) is 20.2 Å². The number of hydrogen-bond acceptors (Lipinski definition) is 10. The summed E-state index contributed by atoms with van der Waals surface area (Å²) in [6.45, 7) is 12.0. The number of alkyl halides is 3. The summed E-state index contributed by atoms with van der Waals surface area (Å²) in [5.41, 5.74) is -1.24. The molecule has 1 aliphatic carbocycles. The number of aliphatic hydroxyl groups is 1. The minimum absolute atomic E-state index is 0.0272. The lowest BCUT2D eigenvalue weighted by Crippen LogP contribution is -2.64. The Balaban J connectivity index is 1.33. The van der Waals surface area contributed by atoms with Crippen LogP contribution in [0.1, 0.15) is 90.4 Å². The number of anilines is 4. The molecular formula is C35H48F3N7O6. The number of nitrogens with one attached hydrogen (secondary N) is 2.